The third-order valence-corrected chi connectivity index (χ3v) is 6.13. The van der Waals surface area contributed by atoms with Crippen LogP contribution in [0.5, 0.6) is 0 Å². The fourth-order valence-electron chi connectivity index (χ4n) is 4.46. The van der Waals surface area contributed by atoms with Crippen molar-refractivity contribution in [3.8, 4) is 0 Å². The molecule has 1 heterocycles. The molecule has 0 N–H and O–H groups in total. The number of benzene rings is 2. The van der Waals surface area contributed by atoms with Gasteiger partial charge in [0.05, 0.1) is 5.54 Å². The molecule has 1 amide bonds. The number of likely N-dealkylation sites (tertiary alicyclic amines) is 1. The van der Waals surface area contributed by atoms with E-state index in [0.717, 1.165) is 37.8 Å². The zero-order valence-corrected chi connectivity index (χ0v) is 14.6. The Morgan fingerprint density at radius 1 is 1.08 bits per heavy atom. The Labute approximate surface area is 148 Å². The lowest BCUT2D eigenvalue weighted by molar-refractivity contribution is -0.143. The molecule has 0 spiro atoms. The normalized spacial score (nSPS) is 28.6. The van der Waals surface area contributed by atoms with E-state index < -0.39 is 0 Å². The van der Waals surface area contributed by atoms with E-state index in [2.05, 4.69) is 36.1 Å². The largest absolute Gasteiger partial charge is 0.333 e. The SMILES string of the molecule is CC1(c2ccccc2)CCCN1C(=O)C1CC(c2ccc(F)cc2)C1. The molecule has 0 radical (unpaired) electrons. The molecule has 2 aromatic rings. The van der Waals surface area contributed by atoms with Gasteiger partial charge in [0.15, 0.2) is 0 Å². The zero-order valence-electron chi connectivity index (χ0n) is 14.6. The van der Waals surface area contributed by atoms with Crippen LogP contribution in [0.3, 0.4) is 0 Å². The standard InChI is InChI=1S/C22H24FNO/c1-22(19-6-3-2-4-7-19)12-5-13-24(22)21(25)18-14-17(15-18)16-8-10-20(23)11-9-16/h2-4,6-11,17-18H,5,12-15H2,1H3. The van der Waals surface area contributed by atoms with Gasteiger partial charge < -0.3 is 4.90 Å². The van der Waals surface area contributed by atoms with Crippen molar-refractivity contribution in [1.82, 2.24) is 4.90 Å². The van der Waals surface area contributed by atoms with Crippen molar-refractivity contribution < 1.29 is 9.18 Å². The predicted molar refractivity (Wildman–Crippen MR) is 96.6 cm³/mol. The molecular weight excluding hydrogens is 313 g/mol. The highest BCUT2D eigenvalue weighted by molar-refractivity contribution is 5.81. The number of rotatable bonds is 3. The first-order valence-corrected chi connectivity index (χ1v) is 9.20. The fraction of sp³-hybridized carbons (Fsp3) is 0.409. The maximum Gasteiger partial charge on any atom is 0.226 e. The summed E-state index contributed by atoms with van der Waals surface area (Å²) >= 11 is 0. The summed E-state index contributed by atoms with van der Waals surface area (Å²) in [6, 6.07) is 17.1. The third-order valence-electron chi connectivity index (χ3n) is 6.13. The van der Waals surface area contributed by atoms with E-state index in [4.69, 9.17) is 0 Å². The van der Waals surface area contributed by atoms with Crippen molar-refractivity contribution in [2.24, 2.45) is 5.92 Å². The summed E-state index contributed by atoms with van der Waals surface area (Å²) in [5.74, 6) is 0.588. The summed E-state index contributed by atoms with van der Waals surface area (Å²) in [5.41, 5.74) is 2.20. The Bertz CT molecular complexity index is 751. The number of hydrogen-bond acceptors (Lipinski definition) is 1. The van der Waals surface area contributed by atoms with E-state index in [1.165, 1.54) is 17.7 Å². The van der Waals surface area contributed by atoms with Gasteiger partial charge >= 0.3 is 0 Å². The lowest BCUT2D eigenvalue weighted by Gasteiger charge is -2.42. The number of carbonyl (C=O) groups excluding carboxylic acids is 1. The Hall–Kier alpha value is -2.16. The van der Waals surface area contributed by atoms with E-state index >= 15 is 0 Å². The fourth-order valence-corrected chi connectivity index (χ4v) is 4.46. The number of hydrogen-bond donors (Lipinski definition) is 0. The first-order valence-electron chi connectivity index (χ1n) is 9.20. The molecule has 1 saturated carbocycles. The molecular formula is C22H24FNO. The first-order chi connectivity index (χ1) is 12.1. The van der Waals surface area contributed by atoms with Crippen molar-refractivity contribution in [1.29, 1.82) is 0 Å². The van der Waals surface area contributed by atoms with Gasteiger partial charge in [-0.25, -0.2) is 4.39 Å². The highest BCUT2D eigenvalue weighted by atomic mass is 19.1. The molecule has 1 atom stereocenters. The lowest BCUT2D eigenvalue weighted by Crippen LogP contribution is -2.48. The van der Waals surface area contributed by atoms with Gasteiger partial charge in [0.25, 0.3) is 0 Å². The van der Waals surface area contributed by atoms with Crippen molar-refractivity contribution in [3.63, 3.8) is 0 Å². The monoisotopic (exact) mass is 337 g/mol. The second kappa shape index (κ2) is 6.29. The molecule has 1 aliphatic carbocycles. The van der Waals surface area contributed by atoms with Crippen LogP contribution in [-0.2, 0) is 10.3 Å². The summed E-state index contributed by atoms with van der Waals surface area (Å²) in [6.45, 7) is 3.05. The topological polar surface area (TPSA) is 20.3 Å². The minimum absolute atomic E-state index is 0.108. The van der Waals surface area contributed by atoms with Gasteiger partial charge in [-0.1, -0.05) is 42.5 Å². The van der Waals surface area contributed by atoms with E-state index in [-0.39, 0.29) is 17.3 Å². The average Bonchev–Trinajstić information content (AvgIpc) is 2.99. The molecule has 1 saturated heterocycles. The molecule has 1 aliphatic heterocycles. The van der Waals surface area contributed by atoms with Crippen LogP contribution in [0.25, 0.3) is 0 Å². The number of nitrogens with zero attached hydrogens (tertiary/aromatic N) is 1. The Morgan fingerprint density at radius 3 is 2.44 bits per heavy atom. The van der Waals surface area contributed by atoms with Gasteiger partial charge in [0.2, 0.25) is 5.91 Å². The molecule has 0 bridgehead atoms. The second-order valence-corrected chi connectivity index (χ2v) is 7.65. The Morgan fingerprint density at radius 2 is 1.76 bits per heavy atom. The van der Waals surface area contributed by atoms with Gasteiger partial charge in [-0.3, -0.25) is 4.79 Å². The van der Waals surface area contributed by atoms with Crippen LogP contribution in [0.15, 0.2) is 54.6 Å². The summed E-state index contributed by atoms with van der Waals surface area (Å²) in [4.78, 5) is 15.2. The molecule has 2 nitrogen and oxygen atoms in total. The predicted octanol–water partition coefficient (Wildman–Crippen LogP) is 4.86. The number of carbonyl (C=O) groups is 1. The van der Waals surface area contributed by atoms with Gasteiger partial charge in [-0.2, -0.15) is 0 Å². The molecule has 2 fully saturated rings. The summed E-state index contributed by atoms with van der Waals surface area (Å²) in [7, 11) is 0. The van der Waals surface area contributed by atoms with Crippen LogP contribution < -0.4 is 0 Å². The highest BCUT2D eigenvalue weighted by Gasteiger charge is 2.46. The van der Waals surface area contributed by atoms with Gasteiger partial charge in [0.1, 0.15) is 5.82 Å². The Kier molecular flexibility index (Phi) is 4.10. The van der Waals surface area contributed by atoms with Crippen LogP contribution >= 0.6 is 0 Å². The molecule has 4 rings (SSSR count). The maximum absolute atomic E-state index is 13.1. The Balaban J connectivity index is 1.46. The maximum atomic E-state index is 13.1. The highest BCUT2D eigenvalue weighted by Crippen LogP contribution is 2.46. The zero-order chi connectivity index (χ0) is 17.4. The molecule has 25 heavy (non-hydrogen) atoms. The summed E-state index contributed by atoms with van der Waals surface area (Å²) in [6.07, 6.45) is 3.85. The minimum Gasteiger partial charge on any atom is -0.333 e. The smallest absolute Gasteiger partial charge is 0.226 e. The van der Waals surface area contributed by atoms with Gasteiger partial charge in [-0.05, 0) is 61.8 Å². The van der Waals surface area contributed by atoms with E-state index in [0.29, 0.717) is 11.8 Å². The van der Waals surface area contributed by atoms with E-state index in [1.807, 2.05) is 18.2 Å². The minimum atomic E-state index is -0.202. The lowest BCUT2D eigenvalue weighted by atomic mass is 9.70. The summed E-state index contributed by atoms with van der Waals surface area (Å²) in [5, 5.41) is 0. The third kappa shape index (κ3) is 2.86. The molecule has 130 valence electrons. The van der Waals surface area contributed by atoms with E-state index in [9.17, 15) is 9.18 Å². The molecule has 1 unspecified atom stereocenters. The molecule has 3 heteroatoms. The molecule has 0 aromatic heterocycles. The first kappa shape index (κ1) is 16.3. The number of halogens is 1. The average molecular weight is 337 g/mol. The molecule has 2 aromatic carbocycles. The van der Waals surface area contributed by atoms with Crippen molar-refractivity contribution in [3.05, 3.63) is 71.5 Å². The number of amides is 1. The summed E-state index contributed by atoms with van der Waals surface area (Å²) < 4.78 is 13.1. The van der Waals surface area contributed by atoms with E-state index in [1.54, 1.807) is 0 Å². The quantitative estimate of drug-likeness (QED) is 0.783. The second-order valence-electron chi connectivity index (χ2n) is 7.65. The van der Waals surface area contributed by atoms with Crippen LogP contribution in [0.4, 0.5) is 4.39 Å². The van der Waals surface area contributed by atoms with Gasteiger partial charge in [0, 0.05) is 12.5 Å². The van der Waals surface area contributed by atoms with Crippen molar-refractivity contribution in [2.75, 3.05) is 6.54 Å². The van der Waals surface area contributed by atoms with Gasteiger partial charge in [-0.15, -0.1) is 0 Å². The van der Waals surface area contributed by atoms with Crippen LogP contribution in [-0.4, -0.2) is 17.4 Å². The molecule has 2 aliphatic rings. The van der Waals surface area contributed by atoms with Crippen molar-refractivity contribution >= 4 is 5.91 Å². The van der Waals surface area contributed by atoms with Crippen molar-refractivity contribution in [2.45, 2.75) is 44.1 Å². The van der Waals surface area contributed by atoms with Crippen LogP contribution in [0, 0.1) is 11.7 Å². The van der Waals surface area contributed by atoms with Crippen LogP contribution in [0.2, 0.25) is 0 Å². The van der Waals surface area contributed by atoms with Crippen LogP contribution in [0.1, 0.15) is 49.7 Å².